The summed E-state index contributed by atoms with van der Waals surface area (Å²) >= 11 is 0. The van der Waals surface area contributed by atoms with Crippen LogP contribution in [0.2, 0.25) is 0 Å². The number of benzene rings is 1. The van der Waals surface area contributed by atoms with E-state index in [1.165, 1.54) is 19.3 Å². The van der Waals surface area contributed by atoms with Gasteiger partial charge >= 0.3 is 0 Å². The summed E-state index contributed by atoms with van der Waals surface area (Å²) in [6, 6.07) is 8.08. The van der Waals surface area contributed by atoms with Crippen LogP contribution in [-0.2, 0) is 5.60 Å². The van der Waals surface area contributed by atoms with E-state index in [1.54, 1.807) is 0 Å². The van der Waals surface area contributed by atoms with Gasteiger partial charge in [0.25, 0.3) is 0 Å². The Hall–Kier alpha value is -1.02. The largest absolute Gasteiger partial charge is 0.490 e. The summed E-state index contributed by atoms with van der Waals surface area (Å²) in [5.41, 5.74) is 0.438. The zero-order valence-corrected chi connectivity index (χ0v) is 11.1. The second-order valence-electron chi connectivity index (χ2n) is 6.07. The van der Waals surface area contributed by atoms with E-state index in [4.69, 9.17) is 4.74 Å². The third-order valence-corrected chi connectivity index (χ3v) is 4.19. The Labute approximate surface area is 109 Å². The number of hydrogen-bond donors (Lipinski definition) is 1. The molecule has 3 rings (SSSR count). The van der Waals surface area contributed by atoms with Crippen LogP contribution in [-0.4, -0.2) is 11.2 Å². The van der Waals surface area contributed by atoms with Gasteiger partial charge in [-0.25, -0.2) is 0 Å². The summed E-state index contributed by atoms with van der Waals surface area (Å²) in [6.07, 6.45) is 6.94. The molecule has 1 aromatic rings. The molecule has 2 unspecified atom stereocenters. The van der Waals surface area contributed by atoms with Crippen LogP contribution >= 0.6 is 0 Å². The van der Waals surface area contributed by atoms with Crippen LogP contribution in [0.25, 0.3) is 0 Å². The molecule has 2 heteroatoms. The highest BCUT2D eigenvalue weighted by atomic mass is 16.5. The molecule has 0 amide bonds. The van der Waals surface area contributed by atoms with Crippen molar-refractivity contribution in [3.05, 3.63) is 29.8 Å². The molecule has 2 aliphatic rings. The topological polar surface area (TPSA) is 29.5 Å². The molecule has 0 aromatic heterocycles. The van der Waals surface area contributed by atoms with Crippen molar-refractivity contribution in [1.82, 2.24) is 0 Å². The summed E-state index contributed by atoms with van der Waals surface area (Å²) in [4.78, 5) is 0. The second-order valence-corrected chi connectivity index (χ2v) is 6.07. The van der Waals surface area contributed by atoms with Gasteiger partial charge in [0.1, 0.15) is 5.75 Å². The molecule has 2 atom stereocenters. The summed E-state index contributed by atoms with van der Waals surface area (Å²) in [6.45, 7) is 2.23. The van der Waals surface area contributed by atoms with Crippen molar-refractivity contribution < 1.29 is 9.84 Å². The first-order valence-electron chi connectivity index (χ1n) is 7.15. The van der Waals surface area contributed by atoms with Crippen molar-refractivity contribution in [2.45, 2.75) is 57.2 Å². The number of ether oxygens (including phenoxy) is 1. The minimum Gasteiger partial charge on any atom is -0.490 e. The van der Waals surface area contributed by atoms with Crippen LogP contribution in [0.3, 0.4) is 0 Å². The average Bonchev–Trinajstić information content (AvgIpc) is 3.13. The van der Waals surface area contributed by atoms with E-state index in [1.807, 2.05) is 24.3 Å². The molecule has 1 N–H and O–H groups in total. The van der Waals surface area contributed by atoms with Gasteiger partial charge in [-0.2, -0.15) is 0 Å². The van der Waals surface area contributed by atoms with E-state index >= 15 is 0 Å². The highest BCUT2D eigenvalue weighted by Crippen LogP contribution is 2.40. The predicted octanol–water partition coefficient (Wildman–Crippen LogP) is 3.63. The quantitative estimate of drug-likeness (QED) is 0.882. The first-order chi connectivity index (χ1) is 8.66. The Morgan fingerprint density at radius 2 is 1.89 bits per heavy atom. The predicted molar refractivity (Wildman–Crippen MR) is 71.6 cm³/mol. The average molecular weight is 246 g/mol. The summed E-state index contributed by atoms with van der Waals surface area (Å²) in [5, 5.41) is 10.8. The highest BCUT2D eigenvalue weighted by Gasteiger charge is 2.34. The number of rotatable bonds is 3. The molecule has 1 aromatic carbocycles. The lowest BCUT2D eigenvalue weighted by Crippen LogP contribution is -2.31. The number of aliphatic hydroxyl groups is 1. The molecule has 0 heterocycles. The van der Waals surface area contributed by atoms with E-state index in [0.29, 0.717) is 12.0 Å². The van der Waals surface area contributed by atoms with Crippen molar-refractivity contribution in [2.24, 2.45) is 5.92 Å². The van der Waals surface area contributed by atoms with Crippen LogP contribution in [0.4, 0.5) is 0 Å². The highest BCUT2D eigenvalue weighted by molar-refractivity contribution is 5.31. The van der Waals surface area contributed by atoms with Gasteiger partial charge in [-0.05, 0) is 55.7 Å². The lowest BCUT2D eigenvalue weighted by Gasteiger charge is -2.36. The lowest BCUT2D eigenvalue weighted by atomic mass is 9.75. The van der Waals surface area contributed by atoms with Gasteiger partial charge in [-0.15, -0.1) is 0 Å². The monoisotopic (exact) mass is 246 g/mol. The lowest BCUT2D eigenvalue weighted by molar-refractivity contribution is -0.0179. The standard InChI is InChI=1S/C16H22O2/c1-12-3-2-10-16(17,11-12)13-4-6-14(7-5-13)18-15-8-9-15/h4-7,12,15,17H,2-3,8-11H2,1H3. The second kappa shape index (κ2) is 4.58. The maximum Gasteiger partial charge on any atom is 0.119 e. The Bertz CT molecular complexity index is 408. The minimum atomic E-state index is -0.615. The third kappa shape index (κ3) is 2.54. The van der Waals surface area contributed by atoms with Crippen molar-refractivity contribution in [2.75, 3.05) is 0 Å². The molecular weight excluding hydrogens is 224 g/mol. The fourth-order valence-electron chi connectivity index (χ4n) is 3.01. The van der Waals surface area contributed by atoms with Gasteiger partial charge in [0, 0.05) is 0 Å². The molecule has 18 heavy (non-hydrogen) atoms. The van der Waals surface area contributed by atoms with Gasteiger partial charge in [-0.1, -0.05) is 25.5 Å². The van der Waals surface area contributed by atoms with Crippen molar-refractivity contribution >= 4 is 0 Å². The van der Waals surface area contributed by atoms with Crippen molar-refractivity contribution in [1.29, 1.82) is 0 Å². The van der Waals surface area contributed by atoms with E-state index in [0.717, 1.165) is 30.6 Å². The molecular formula is C16H22O2. The van der Waals surface area contributed by atoms with E-state index in [-0.39, 0.29) is 0 Å². The van der Waals surface area contributed by atoms with Gasteiger partial charge in [0.15, 0.2) is 0 Å². The van der Waals surface area contributed by atoms with Gasteiger partial charge in [0.2, 0.25) is 0 Å². The Morgan fingerprint density at radius 3 is 2.50 bits per heavy atom. The van der Waals surface area contributed by atoms with E-state index in [2.05, 4.69) is 6.92 Å². The zero-order valence-electron chi connectivity index (χ0n) is 11.1. The normalized spacial score (nSPS) is 32.2. The van der Waals surface area contributed by atoms with Crippen LogP contribution in [0.15, 0.2) is 24.3 Å². The van der Waals surface area contributed by atoms with Crippen LogP contribution in [0, 0.1) is 5.92 Å². The van der Waals surface area contributed by atoms with E-state index < -0.39 is 5.60 Å². The fraction of sp³-hybridized carbons (Fsp3) is 0.625. The van der Waals surface area contributed by atoms with Gasteiger partial charge < -0.3 is 9.84 Å². The Kier molecular flexibility index (Phi) is 3.06. The minimum absolute atomic E-state index is 0.439. The molecule has 98 valence electrons. The molecule has 2 saturated carbocycles. The Balaban J connectivity index is 1.74. The van der Waals surface area contributed by atoms with Gasteiger partial charge in [-0.3, -0.25) is 0 Å². The Morgan fingerprint density at radius 1 is 1.17 bits per heavy atom. The summed E-state index contributed by atoms with van der Waals surface area (Å²) in [5.74, 6) is 1.56. The van der Waals surface area contributed by atoms with E-state index in [9.17, 15) is 5.11 Å². The smallest absolute Gasteiger partial charge is 0.119 e. The zero-order chi connectivity index (χ0) is 12.6. The molecule has 2 nitrogen and oxygen atoms in total. The summed E-state index contributed by atoms with van der Waals surface area (Å²) < 4.78 is 5.74. The maximum atomic E-state index is 10.8. The molecule has 0 saturated heterocycles. The van der Waals surface area contributed by atoms with Crippen LogP contribution in [0.1, 0.15) is 51.0 Å². The summed E-state index contributed by atoms with van der Waals surface area (Å²) in [7, 11) is 0. The molecule has 0 bridgehead atoms. The van der Waals surface area contributed by atoms with Gasteiger partial charge in [0.05, 0.1) is 11.7 Å². The van der Waals surface area contributed by atoms with Crippen molar-refractivity contribution in [3.63, 3.8) is 0 Å². The SMILES string of the molecule is CC1CCCC(O)(c2ccc(OC3CC3)cc2)C1. The maximum absolute atomic E-state index is 10.8. The first-order valence-corrected chi connectivity index (χ1v) is 7.15. The molecule has 0 radical (unpaired) electrons. The van der Waals surface area contributed by atoms with Crippen LogP contribution < -0.4 is 4.74 Å². The number of hydrogen-bond acceptors (Lipinski definition) is 2. The first kappa shape index (κ1) is 12.0. The molecule has 2 fully saturated rings. The molecule has 2 aliphatic carbocycles. The molecule has 0 aliphatic heterocycles. The van der Waals surface area contributed by atoms with Crippen LogP contribution in [0.5, 0.6) is 5.75 Å². The van der Waals surface area contributed by atoms with Crippen molar-refractivity contribution in [3.8, 4) is 5.75 Å². The third-order valence-electron chi connectivity index (χ3n) is 4.19. The molecule has 0 spiro atoms. The fourth-order valence-corrected chi connectivity index (χ4v) is 3.01.